The number of methoxy groups -OCH3 is 1. The maximum absolute atomic E-state index is 10.1. The SMILES string of the molecule is COc1ccc2cc(CN3CC[C@@]4(CO)CCCN(C)[C@@H]4C3)ccc2c1. The molecule has 0 aliphatic carbocycles. The van der Waals surface area contributed by atoms with Gasteiger partial charge in [0.1, 0.15) is 5.75 Å². The molecule has 0 unspecified atom stereocenters. The molecule has 4 nitrogen and oxygen atoms in total. The molecule has 0 amide bonds. The zero-order chi connectivity index (χ0) is 18.1. The topological polar surface area (TPSA) is 35.9 Å². The van der Waals surface area contributed by atoms with Crippen LogP contribution in [0.1, 0.15) is 24.8 Å². The third-order valence-corrected chi connectivity index (χ3v) is 6.61. The van der Waals surface area contributed by atoms with Gasteiger partial charge in [-0.1, -0.05) is 18.2 Å². The molecule has 1 N–H and O–H groups in total. The molecule has 2 aromatic rings. The van der Waals surface area contributed by atoms with Crippen molar-refractivity contribution in [3.8, 4) is 5.75 Å². The number of hydrogen-bond donors (Lipinski definition) is 1. The number of ether oxygens (including phenoxy) is 1. The van der Waals surface area contributed by atoms with Crippen molar-refractivity contribution in [3.63, 3.8) is 0 Å². The van der Waals surface area contributed by atoms with Gasteiger partial charge in [-0.3, -0.25) is 4.90 Å². The van der Waals surface area contributed by atoms with Crippen molar-refractivity contribution in [2.24, 2.45) is 5.41 Å². The fraction of sp³-hybridized carbons (Fsp3) is 0.545. The van der Waals surface area contributed by atoms with E-state index in [0.29, 0.717) is 12.6 Å². The zero-order valence-corrected chi connectivity index (χ0v) is 15.9. The molecule has 0 bridgehead atoms. The van der Waals surface area contributed by atoms with Gasteiger partial charge in [-0.05, 0) is 73.9 Å². The van der Waals surface area contributed by atoms with Crippen molar-refractivity contribution in [1.29, 1.82) is 0 Å². The van der Waals surface area contributed by atoms with Crippen molar-refractivity contribution in [3.05, 3.63) is 42.0 Å². The number of likely N-dealkylation sites (N-methyl/N-ethyl adjacent to an activating group) is 1. The van der Waals surface area contributed by atoms with Crippen molar-refractivity contribution in [2.75, 3.05) is 40.4 Å². The number of aliphatic hydroxyl groups is 1. The second kappa shape index (κ2) is 7.18. The van der Waals surface area contributed by atoms with Crippen LogP contribution < -0.4 is 4.74 Å². The summed E-state index contributed by atoms with van der Waals surface area (Å²) in [6.45, 7) is 4.59. The van der Waals surface area contributed by atoms with E-state index in [9.17, 15) is 5.11 Å². The Morgan fingerprint density at radius 3 is 2.73 bits per heavy atom. The minimum Gasteiger partial charge on any atom is -0.497 e. The molecule has 2 fully saturated rings. The van der Waals surface area contributed by atoms with Crippen LogP contribution in [-0.2, 0) is 6.54 Å². The Labute approximate surface area is 156 Å². The highest BCUT2D eigenvalue weighted by Crippen LogP contribution is 2.41. The molecule has 2 atom stereocenters. The number of benzene rings is 2. The standard InChI is InChI=1S/C22H30N2O2/c1-23-10-3-8-22(16-25)9-11-24(15-21(22)23)14-17-4-5-19-13-20(26-2)7-6-18(19)12-17/h4-7,12-13,21,25H,3,8-11,14-16H2,1-2H3/t21-,22-/m1/s1. The van der Waals surface area contributed by atoms with E-state index in [2.05, 4.69) is 47.2 Å². The third-order valence-electron chi connectivity index (χ3n) is 6.61. The fourth-order valence-corrected chi connectivity index (χ4v) is 4.98. The molecule has 2 saturated heterocycles. The van der Waals surface area contributed by atoms with Crippen molar-refractivity contribution in [1.82, 2.24) is 9.80 Å². The highest BCUT2D eigenvalue weighted by molar-refractivity contribution is 5.84. The summed E-state index contributed by atoms with van der Waals surface area (Å²) in [5.41, 5.74) is 1.47. The van der Waals surface area contributed by atoms with Crippen molar-refractivity contribution >= 4 is 10.8 Å². The smallest absolute Gasteiger partial charge is 0.119 e. The van der Waals surface area contributed by atoms with Gasteiger partial charge in [0.25, 0.3) is 0 Å². The van der Waals surface area contributed by atoms with Crippen LogP contribution in [0, 0.1) is 5.41 Å². The maximum Gasteiger partial charge on any atom is 0.119 e. The van der Waals surface area contributed by atoms with E-state index < -0.39 is 0 Å². The Bertz CT molecular complexity index is 778. The van der Waals surface area contributed by atoms with Gasteiger partial charge in [0, 0.05) is 24.5 Å². The van der Waals surface area contributed by atoms with E-state index in [0.717, 1.165) is 38.3 Å². The molecule has 0 saturated carbocycles. The number of piperidine rings is 2. The number of hydrogen-bond acceptors (Lipinski definition) is 4. The van der Waals surface area contributed by atoms with E-state index >= 15 is 0 Å². The maximum atomic E-state index is 10.1. The summed E-state index contributed by atoms with van der Waals surface area (Å²) >= 11 is 0. The number of nitrogens with zero attached hydrogens (tertiary/aromatic N) is 2. The number of rotatable bonds is 4. The highest BCUT2D eigenvalue weighted by Gasteiger charge is 2.46. The van der Waals surface area contributed by atoms with E-state index in [1.807, 2.05) is 6.07 Å². The van der Waals surface area contributed by atoms with Gasteiger partial charge in [0.2, 0.25) is 0 Å². The molecule has 4 heteroatoms. The molecule has 140 valence electrons. The van der Waals surface area contributed by atoms with Crippen LogP contribution in [-0.4, -0.2) is 61.3 Å². The van der Waals surface area contributed by atoms with Crippen LogP contribution >= 0.6 is 0 Å². The summed E-state index contributed by atoms with van der Waals surface area (Å²) < 4.78 is 5.32. The Balaban J connectivity index is 1.50. The molecule has 0 radical (unpaired) electrons. The Morgan fingerprint density at radius 2 is 1.92 bits per heavy atom. The average Bonchev–Trinajstić information content (AvgIpc) is 2.68. The molecule has 0 aromatic heterocycles. The first-order valence-corrected chi connectivity index (χ1v) is 9.74. The van der Waals surface area contributed by atoms with Crippen LogP contribution in [0.15, 0.2) is 36.4 Å². The fourth-order valence-electron chi connectivity index (χ4n) is 4.98. The molecule has 2 aromatic carbocycles. The largest absolute Gasteiger partial charge is 0.497 e. The molecule has 2 aliphatic heterocycles. The molecule has 0 spiro atoms. The van der Waals surface area contributed by atoms with E-state index in [-0.39, 0.29) is 5.41 Å². The summed E-state index contributed by atoms with van der Waals surface area (Å²) in [5, 5.41) is 12.6. The summed E-state index contributed by atoms with van der Waals surface area (Å²) in [6.07, 6.45) is 3.48. The van der Waals surface area contributed by atoms with Gasteiger partial charge in [0.05, 0.1) is 13.7 Å². The van der Waals surface area contributed by atoms with E-state index in [1.54, 1.807) is 7.11 Å². The van der Waals surface area contributed by atoms with Gasteiger partial charge >= 0.3 is 0 Å². The summed E-state index contributed by atoms with van der Waals surface area (Å²) in [4.78, 5) is 5.03. The summed E-state index contributed by atoms with van der Waals surface area (Å²) in [6, 6.07) is 13.5. The first kappa shape index (κ1) is 17.8. The van der Waals surface area contributed by atoms with Gasteiger partial charge in [-0.25, -0.2) is 0 Å². The van der Waals surface area contributed by atoms with Crippen molar-refractivity contribution in [2.45, 2.75) is 31.8 Å². The molecule has 4 rings (SSSR count). The van der Waals surface area contributed by atoms with E-state index in [4.69, 9.17) is 4.74 Å². The first-order valence-electron chi connectivity index (χ1n) is 9.74. The second-order valence-electron chi connectivity index (χ2n) is 8.15. The zero-order valence-electron chi connectivity index (χ0n) is 15.9. The lowest BCUT2D eigenvalue weighted by atomic mass is 9.69. The van der Waals surface area contributed by atoms with Crippen LogP contribution in [0.25, 0.3) is 10.8 Å². The van der Waals surface area contributed by atoms with Crippen molar-refractivity contribution < 1.29 is 9.84 Å². The lowest BCUT2D eigenvalue weighted by molar-refractivity contribution is -0.0684. The molecule has 2 aliphatic rings. The predicted molar refractivity (Wildman–Crippen MR) is 106 cm³/mol. The normalized spacial score (nSPS) is 27.4. The molecule has 2 heterocycles. The Hall–Kier alpha value is -1.62. The minimum atomic E-state index is 0.115. The first-order chi connectivity index (χ1) is 12.6. The Kier molecular flexibility index (Phi) is 4.91. The quantitative estimate of drug-likeness (QED) is 0.915. The second-order valence-corrected chi connectivity index (χ2v) is 8.15. The van der Waals surface area contributed by atoms with Gasteiger partial charge in [-0.2, -0.15) is 0 Å². The predicted octanol–water partition coefficient (Wildman–Crippen LogP) is 3.13. The van der Waals surface area contributed by atoms with Gasteiger partial charge < -0.3 is 14.7 Å². The third kappa shape index (κ3) is 3.22. The lowest BCUT2D eigenvalue weighted by Gasteiger charge is -2.53. The number of likely N-dealkylation sites (tertiary alicyclic amines) is 2. The minimum absolute atomic E-state index is 0.115. The van der Waals surface area contributed by atoms with Crippen LogP contribution in [0.2, 0.25) is 0 Å². The average molecular weight is 354 g/mol. The van der Waals surface area contributed by atoms with E-state index in [1.165, 1.54) is 29.2 Å². The lowest BCUT2D eigenvalue weighted by Crippen LogP contribution is -2.61. The molecule has 26 heavy (non-hydrogen) atoms. The summed E-state index contributed by atoms with van der Waals surface area (Å²) in [7, 11) is 3.93. The van der Waals surface area contributed by atoms with Gasteiger partial charge in [0.15, 0.2) is 0 Å². The number of aliphatic hydroxyl groups excluding tert-OH is 1. The summed E-state index contributed by atoms with van der Waals surface area (Å²) in [5.74, 6) is 0.905. The van der Waals surface area contributed by atoms with Gasteiger partial charge in [-0.15, -0.1) is 0 Å². The van der Waals surface area contributed by atoms with Crippen LogP contribution in [0.3, 0.4) is 0 Å². The molecular formula is C22H30N2O2. The van der Waals surface area contributed by atoms with Crippen LogP contribution in [0.5, 0.6) is 5.75 Å². The Morgan fingerprint density at radius 1 is 1.12 bits per heavy atom. The highest BCUT2D eigenvalue weighted by atomic mass is 16.5. The van der Waals surface area contributed by atoms with Crippen LogP contribution in [0.4, 0.5) is 0 Å². The monoisotopic (exact) mass is 354 g/mol. The number of fused-ring (bicyclic) bond motifs is 2. The molecular weight excluding hydrogens is 324 g/mol.